The fourth-order valence-electron chi connectivity index (χ4n) is 9.09. The summed E-state index contributed by atoms with van der Waals surface area (Å²) in [6, 6.07) is 24.4. The molecule has 0 spiro atoms. The SMILES string of the molecule is CS(=O)(=O)Nc1ccn(C(=O)Oc2ccc([N+](=O)[O-])cc2)n1.Cc1cccc(COC2C[C@@H]3CN(C(=O)n4ccc(NS(C)(=O)=O)n4)C[C@@H]3C2)c1.Cc1cccc(COC2C[C@H]3CNC[C@H]3C2)c1. The molecule has 0 bridgehead atoms. The van der Waals surface area contributed by atoms with Crippen molar-refractivity contribution in [2.75, 3.05) is 48.1 Å². The number of carbonyl (C=O) groups excluding carboxylic acids is 2. The van der Waals surface area contributed by atoms with Crippen molar-refractivity contribution < 1.29 is 45.6 Å². The molecule has 9 rings (SSSR count). The topological polar surface area (TPSA) is 248 Å². The minimum atomic E-state index is -3.50. The standard InChI is InChI=1S/C20H26N4O4S.C15H21NO.C11H10N4O6S/c1-14-4-3-5-15(8-14)13-28-18-9-16-11-23(12-17(16)10-18)20(25)24-7-6-19(21-24)22-29(2,26)27;1-11-3-2-4-12(5-11)10-17-15-6-13-8-16-9-14(13)7-15;1-22(19,20)13-10-6-7-14(12-10)11(16)21-9-4-2-8(3-5-9)15(17)18/h3-8,16-18H,9-13H2,1-2H3,(H,21,22);2-5,13-16H,6-10H2,1H3;2-7H,1H3,(H,12,13)/t16-,17+,18?;13-,14+,15?;. The van der Waals surface area contributed by atoms with Gasteiger partial charge in [0.25, 0.3) is 5.69 Å². The van der Waals surface area contributed by atoms with Crippen LogP contribution in [-0.4, -0.2) is 109 Å². The molecule has 3 N–H and O–H groups in total. The van der Waals surface area contributed by atoms with E-state index < -0.39 is 31.1 Å². The van der Waals surface area contributed by atoms with Crippen LogP contribution < -0.4 is 19.5 Å². The van der Waals surface area contributed by atoms with Gasteiger partial charge < -0.3 is 24.4 Å². The molecule has 2 aliphatic carbocycles. The molecule has 6 atom stereocenters. The lowest BCUT2D eigenvalue weighted by atomic mass is 10.0. The predicted molar refractivity (Wildman–Crippen MR) is 253 cm³/mol. The fourth-order valence-corrected chi connectivity index (χ4v) is 10.1. The number of aryl methyl sites for hydroxylation is 2. The highest BCUT2D eigenvalue weighted by Gasteiger charge is 2.43. The number of nitro benzene ring substituents is 1. The highest BCUT2D eigenvalue weighted by molar-refractivity contribution is 7.92. The van der Waals surface area contributed by atoms with Crippen molar-refractivity contribution >= 4 is 49.5 Å². The molecule has 2 unspecified atom stereocenters. The van der Waals surface area contributed by atoms with Crippen LogP contribution in [0.15, 0.2) is 97.3 Å². The zero-order valence-electron chi connectivity index (χ0n) is 38.3. The molecule has 20 nitrogen and oxygen atoms in total. The number of non-ortho nitro benzene ring substituents is 1. The van der Waals surface area contributed by atoms with E-state index in [0.717, 1.165) is 48.5 Å². The number of sulfonamides is 2. The average molecular weight is 976 g/mol. The molecule has 3 aromatic carbocycles. The monoisotopic (exact) mass is 975 g/mol. The van der Waals surface area contributed by atoms with Gasteiger partial charge in [-0.25, -0.2) is 26.4 Å². The summed E-state index contributed by atoms with van der Waals surface area (Å²) < 4.78 is 68.1. The van der Waals surface area contributed by atoms with Crippen molar-refractivity contribution in [3.05, 3.63) is 130 Å². The molecule has 4 heterocycles. The number of nitrogens with one attached hydrogen (secondary N) is 3. The normalized spacial score (nSPS) is 21.7. The number of rotatable bonds is 12. The third-order valence-corrected chi connectivity index (χ3v) is 13.3. The molecule has 4 fully saturated rings. The van der Waals surface area contributed by atoms with Crippen LogP contribution in [0.3, 0.4) is 0 Å². The number of likely N-dealkylation sites (tertiary alicyclic amines) is 1. The van der Waals surface area contributed by atoms with E-state index in [2.05, 4.69) is 81.3 Å². The molecule has 364 valence electrons. The Bertz CT molecular complexity index is 2760. The Kier molecular flexibility index (Phi) is 16.0. The number of ether oxygens (including phenoxy) is 3. The Labute approximate surface area is 395 Å². The number of anilines is 2. The highest BCUT2D eigenvalue weighted by atomic mass is 32.2. The molecule has 5 aromatic rings. The van der Waals surface area contributed by atoms with Crippen molar-refractivity contribution in [1.82, 2.24) is 29.8 Å². The van der Waals surface area contributed by atoms with E-state index in [1.54, 1.807) is 4.90 Å². The second kappa shape index (κ2) is 21.8. The van der Waals surface area contributed by atoms with Crippen LogP contribution in [0.2, 0.25) is 0 Å². The van der Waals surface area contributed by atoms with Crippen LogP contribution in [0.4, 0.5) is 26.9 Å². The second-order valence-corrected chi connectivity index (χ2v) is 21.3. The van der Waals surface area contributed by atoms with E-state index in [-0.39, 0.29) is 35.2 Å². The van der Waals surface area contributed by atoms with Crippen LogP contribution in [0.1, 0.15) is 47.9 Å². The summed E-state index contributed by atoms with van der Waals surface area (Å²) in [5, 5.41) is 21.7. The van der Waals surface area contributed by atoms with Gasteiger partial charge in [0, 0.05) is 49.7 Å². The van der Waals surface area contributed by atoms with Gasteiger partial charge in [-0.1, -0.05) is 59.7 Å². The van der Waals surface area contributed by atoms with Crippen LogP contribution in [0.5, 0.6) is 5.75 Å². The number of benzene rings is 3. The summed E-state index contributed by atoms with van der Waals surface area (Å²) in [7, 11) is -6.92. The molecule has 68 heavy (non-hydrogen) atoms. The lowest BCUT2D eigenvalue weighted by Gasteiger charge is -2.19. The smallest absolute Gasteiger partial charge is 0.409 e. The summed E-state index contributed by atoms with van der Waals surface area (Å²) in [5.74, 6) is 2.81. The maximum Gasteiger partial charge on any atom is 0.440 e. The Morgan fingerprint density at radius 3 is 1.65 bits per heavy atom. The van der Waals surface area contributed by atoms with Gasteiger partial charge in [0.1, 0.15) is 5.75 Å². The number of aromatic nitrogens is 4. The van der Waals surface area contributed by atoms with Crippen LogP contribution in [-0.2, 0) is 42.7 Å². The number of nitro groups is 1. The first-order valence-electron chi connectivity index (χ1n) is 22.2. The van der Waals surface area contributed by atoms with Gasteiger partial charge in [-0.3, -0.25) is 19.6 Å². The van der Waals surface area contributed by atoms with E-state index in [4.69, 9.17) is 14.2 Å². The van der Waals surface area contributed by atoms with Gasteiger partial charge >= 0.3 is 12.1 Å². The molecule has 4 aliphatic rings. The number of carbonyl (C=O) groups is 2. The maximum absolute atomic E-state index is 12.7. The van der Waals surface area contributed by atoms with Crippen molar-refractivity contribution in [1.29, 1.82) is 0 Å². The number of hydrogen-bond acceptors (Lipinski definition) is 14. The van der Waals surface area contributed by atoms with Gasteiger partial charge in [0.2, 0.25) is 20.0 Å². The minimum absolute atomic E-state index is 0.0388. The molecular formula is C46H57N9O11S2. The summed E-state index contributed by atoms with van der Waals surface area (Å²) in [5.41, 5.74) is 4.91. The Morgan fingerprint density at radius 2 is 1.18 bits per heavy atom. The third-order valence-electron chi connectivity index (χ3n) is 12.1. The first-order valence-corrected chi connectivity index (χ1v) is 26.0. The zero-order chi connectivity index (χ0) is 48.6. The molecule has 22 heteroatoms. The summed E-state index contributed by atoms with van der Waals surface area (Å²) in [4.78, 5) is 36.2. The Hall–Kier alpha value is -6.20. The van der Waals surface area contributed by atoms with Crippen molar-refractivity contribution in [3.8, 4) is 5.75 Å². The number of amides is 1. The number of nitrogens with zero attached hydrogens (tertiary/aromatic N) is 6. The van der Waals surface area contributed by atoms with E-state index in [1.165, 1.54) is 102 Å². The van der Waals surface area contributed by atoms with Crippen molar-refractivity contribution in [2.45, 2.75) is 65.0 Å². The van der Waals surface area contributed by atoms with Gasteiger partial charge in [-0.2, -0.15) is 9.36 Å². The zero-order valence-corrected chi connectivity index (χ0v) is 39.9. The lowest BCUT2D eigenvalue weighted by Crippen LogP contribution is -2.34. The van der Waals surface area contributed by atoms with Crippen LogP contribution >= 0.6 is 0 Å². The van der Waals surface area contributed by atoms with Crippen LogP contribution in [0, 0.1) is 47.6 Å². The Morgan fingerprint density at radius 1 is 0.706 bits per heavy atom. The minimum Gasteiger partial charge on any atom is -0.409 e. The Balaban J connectivity index is 0.000000157. The molecule has 0 radical (unpaired) electrons. The third kappa shape index (κ3) is 14.4. The average Bonchev–Trinajstić information content (AvgIpc) is 4.13. The summed E-state index contributed by atoms with van der Waals surface area (Å²) in [6.45, 7) is 9.38. The van der Waals surface area contributed by atoms with Crippen molar-refractivity contribution in [2.24, 2.45) is 23.7 Å². The molecule has 2 aromatic heterocycles. The molecule has 2 saturated heterocycles. The molecule has 2 aliphatic heterocycles. The van der Waals surface area contributed by atoms with E-state index in [0.29, 0.717) is 37.6 Å². The van der Waals surface area contributed by atoms with Gasteiger partial charge in [0.15, 0.2) is 11.6 Å². The quantitative estimate of drug-likeness (QED) is 0.0934. The van der Waals surface area contributed by atoms with Gasteiger partial charge in [0.05, 0.1) is 42.9 Å². The van der Waals surface area contributed by atoms with E-state index in [9.17, 15) is 36.5 Å². The number of hydrogen-bond donors (Lipinski definition) is 3. The first kappa shape index (κ1) is 49.7. The van der Waals surface area contributed by atoms with Crippen molar-refractivity contribution in [3.63, 3.8) is 0 Å². The molecule has 2 saturated carbocycles. The van der Waals surface area contributed by atoms with E-state index >= 15 is 0 Å². The molecule has 1 amide bonds. The molecular weight excluding hydrogens is 919 g/mol. The van der Waals surface area contributed by atoms with Crippen LogP contribution in [0.25, 0.3) is 0 Å². The van der Waals surface area contributed by atoms with E-state index in [1.807, 2.05) is 6.07 Å². The second-order valence-electron chi connectivity index (χ2n) is 17.8. The highest BCUT2D eigenvalue weighted by Crippen LogP contribution is 2.40. The maximum atomic E-state index is 12.7. The number of fused-ring (bicyclic) bond motifs is 2. The van der Waals surface area contributed by atoms with Gasteiger partial charge in [-0.05, 0) is 99.6 Å². The van der Waals surface area contributed by atoms with Gasteiger partial charge in [-0.15, -0.1) is 10.2 Å². The first-order chi connectivity index (χ1) is 32.3. The summed E-state index contributed by atoms with van der Waals surface area (Å²) in [6.07, 6.45) is 8.95. The fraction of sp³-hybridized carbons (Fsp3) is 0.435. The summed E-state index contributed by atoms with van der Waals surface area (Å²) >= 11 is 0. The lowest BCUT2D eigenvalue weighted by molar-refractivity contribution is -0.384. The predicted octanol–water partition coefficient (Wildman–Crippen LogP) is 6.18. The largest absolute Gasteiger partial charge is 0.440 e.